The molecule has 0 amide bonds. The zero-order valence-corrected chi connectivity index (χ0v) is 17.4. The van der Waals surface area contributed by atoms with E-state index in [1.165, 1.54) is 0 Å². The Morgan fingerprint density at radius 2 is 1.66 bits per heavy atom. The molecule has 0 bridgehead atoms. The Kier molecular flexibility index (Phi) is 5.64. The van der Waals surface area contributed by atoms with Gasteiger partial charge in [0.25, 0.3) is 0 Å². The summed E-state index contributed by atoms with van der Waals surface area (Å²) in [6.07, 6.45) is 0. The highest BCUT2D eigenvalue weighted by molar-refractivity contribution is 7.90. The maximum atomic E-state index is 13.0. The summed E-state index contributed by atoms with van der Waals surface area (Å²) in [5.74, 6) is 0.467. The standard InChI is InChI=1S/C22H24N2O4S/c1-4-28-18-12-10-16(11-13-18)21(25)19-14-15-20(24(19)3)22(2,29(23,26)27)17-8-6-5-7-9-17/h5-15H,4H2,1-3H3,(H2,23,26,27). The van der Waals surface area contributed by atoms with E-state index in [4.69, 9.17) is 9.88 Å². The monoisotopic (exact) mass is 412 g/mol. The minimum Gasteiger partial charge on any atom is -0.494 e. The lowest BCUT2D eigenvalue weighted by Crippen LogP contribution is -2.40. The van der Waals surface area contributed by atoms with E-state index in [-0.39, 0.29) is 5.78 Å². The summed E-state index contributed by atoms with van der Waals surface area (Å²) in [5.41, 5.74) is 1.80. The smallest absolute Gasteiger partial charge is 0.224 e. The van der Waals surface area contributed by atoms with Crippen LogP contribution in [0.5, 0.6) is 5.75 Å². The normalized spacial score (nSPS) is 13.7. The van der Waals surface area contributed by atoms with Crippen molar-refractivity contribution in [2.24, 2.45) is 12.2 Å². The van der Waals surface area contributed by atoms with E-state index in [1.54, 1.807) is 85.3 Å². The number of sulfonamides is 1. The molecule has 152 valence electrons. The molecule has 0 fully saturated rings. The summed E-state index contributed by atoms with van der Waals surface area (Å²) < 4.78 is 30.7. The van der Waals surface area contributed by atoms with Crippen LogP contribution in [0.25, 0.3) is 0 Å². The number of benzene rings is 2. The molecule has 0 saturated heterocycles. The van der Waals surface area contributed by atoms with Gasteiger partial charge in [0.05, 0.1) is 12.3 Å². The van der Waals surface area contributed by atoms with Crippen molar-refractivity contribution in [1.29, 1.82) is 0 Å². The van der Waals surface area contributed by atoms with Gasteiger partial charge in [0.15, 0.2) is 0 Å². The highest BCUT2D eigenvalue weighted by atomic mass is 32.2. The molecule has 0 spiro atoms. The number of hydrogen-bond donors (Lipinski definition) is 1. The SMILES string of the molecule is CCOc1ccc(C(=O)c2ccc(C(C)(c3ccccc3)S(N)(=O)=O)n2C)cc1. The maximum absolute atomic E-state index is 13.0. The lowest BCUT2D eigenvalue weighted by atomic mass is 9.96. The Labute approximate surface area is 171 Å². The van der Waals surface area contributed by atoms with Crippen LogP contribution >= 0.6 is 0 Å². The van der Waals surface area contributed by atoms with Gasteiger partial charge < -0.3 is 9.30 Å². The quantitative estimate of drug-likeness (QED) is 0.603. The Hall–Kier alpha value is -2.90. The number of carbonyl (C=O) groups excluding carboxylic acids is 1. The molecule has 0 saturated carbocycles. The lowest BCUT2D eigenvalue weighted by molar-refractivity contribution is 0.103. The first-order chi connectivity index (χ1) is 13.7. The molecule has 0 aliphatic heterocycles. The minimum atomic E-state index is -4.03. The van der Waals surface area contributed by atoms with Crippen LogP contribution in [0.2, 0.25) is 0 Å². The first kappa shape index (κ1) is 20.8. The van der Waals surface area contributed by atoms with E-state index in [0.717, 1.165) is 0 Å². The van der Waals surface area contributed by atoms with Gasteiger partial charge in [-0.1, -0.05) is 30.3 Å². The van der Waals surface area contributed by atoms with E-state index in [0.29, 0.717) is 34.9 Å². The average molecular weight is 413 g/mol. The molecular weight excluding hydrogens is 388 g/mol. The summed E-state index contributed by atoms with van der Waals surface area (Å²) in [6.45, 7) is 3.98. The number of nitrogens with zero attached hydrogens (tertiary/aromatic N) is 1. The molecule has 1 unspecified atom stereocenters. The fourth-order valence-corrected chi connectivity index (χ4v) is 4.41. The van der Waals surface area contributed by atoms with Gasteiger partial charge in [-0.15, -0.1) is 0 Å². The largest absolute Gasteiger partial charge is 0.494 e. The topological polar surface area (TPSA) is 91.4 Å². The molecule has 0 aliphatic carbocycles. The van der Waals surface area contributed by atoms with Crippen molar-refractivity contribution in [3.8, 4) is 5.75 Å². The number of carbonyl (C=O) groups is 1. The predicted octanol–water partition coefficient (Wildman–Crippen LogP) is 3.21. The third kappa shape index (κ3) is 3.71. The van der Waals surface area contributed by atoms with E-state index in [9.17, 15) is 13.2 Å². The number of aromatic nitrogens is 1. The molecule has 3 aromatic rings. The van der Waals surface area contributed by atoms with Crippen molar-refractivity contribution < 1.29 is 17.9 Å². The number of hydrogen-bond acceptors (Lipinski definition) is 4. The molecule has 1 aromatic heterocycles. The zero-order valence-electron chi connectivity index (χ0n) is 16.6. The molecule has 0 aliphatic rings. The number of ketones is 1. The molecule has 2 N–H and O–H groups in total. The summed E-state index contributed by atoms with van der Waals surface area (Å²) in [6, 6.07) is 18.9. The first-order valence-electron chi connectivity index (χ1n) is 9.21. The third-order valence-electron chi connectivity index (χ3n) is 5.16. The molecule has 29 heavy (non-hydrogen) atoms. The summed E-state index contributed by atoms with van der Waals surface area (Å²) in [5, 5.41) is 5.65. The average Bonchev–Trinajstić information content (AvgIpc) is 3.09. The molecule has 0 radical (unpaired) electrons. The van der Waals surface area contributed by atoms with Gasteiger partial charge in [-0.3, -0.25) is 4.79 Å². The second-order valence-corrected chi connectivity index (χ2v) is 8.80. The number of ether oxygens (including phenoxy) is 1. The number of primary sulfonamides is 1. The minimum absolute atomic E-state index is 0.216. The van der Waals surface area contributed by atoms with Crippen LogP contribution in [-0.2, 0) is 21.8 Å². The molecule has 1 atom stereocenters. The van der Waals surface area contributed by atoms with Gasteiger partial charge >= 0.3 is 0 Å². The van der Waals surface area contributed by atoms with Crippen LogP contribution < -0.4 is 9.88 Å². The van der Waals surface area contributed by atoms with Crippen LogP contribution in [0.1, 0.15) is 41.2 Å². The lowest BCUT2D eigenvalue weighted by Gasteiger charge is -2.29. The third-order valence-corrected chi connectivity index (χ3v) is 6.75. The second kappa shape index (κ2) is 7.85. The van der Waals surface area contributed by atoms with Crippen LogP contribution in [0.4, 0.5) is 0 Å². The van der Waals surface area contributed by atoms with Gasteiger partial charge in [-0.25, -0.2) is 13.6 Å². The Bertz CT molecular complexity index is 1120. The number of nitrogens with two attached hydrogens (primary N) is 1. The highest BCUT2D eigenvalue weighted by Gasteiger charge is 2.43. The Morgan fingerprint density at radius 1 is 1.03 bits per heavy atom. The van der Waals surface area contributed by atoms with Crippen molar-refractivity contribution in [2.75, 3.05) is 6.61 Å². The molecule has 1 heterocycles. The van der Waals surface area contributed by atoms with Crippen LogP contribution in [0.3, 0.4) is 0 Å². The Morgan fingerprint density at radius 3 is 2.21 bits per heavy atom. The van der Waals surface area contributed by atoms with Crippen molar-refractivity contribution in [1.82, 2.24) is 4.57 Å². The van der Waals surface area contributed by atoms with Crippen LogP contribution in [-0.4, -0.2) is 25.4 Å². The van der Waals surface area contributed by atoms with Crippen molar-refractivity contribution >= 4 is 15.8 Å². The van der Waals surface area contributed by atoms with Gasteiger partial charge in [-0.2, -0.15) is 0 Å². The van der Waals surface area contributed by atoms with E-state index in [2.05, 4.69) is 0 Å². The zero-order chi connectivity index (χ0) is 21.2. The van der Waals surface area contributed by atoms with Gasteiger partial charge in [0.2, 0.25) is 15.8 Å². The summed E-state index contributed by atoms with van der Waals surface area (Å²) in [7, 11) is -2.36. The number of rotatable bonds is 7. The molecular formula is C22H24N2O4S. The van der Waals surface area contributed by atoms with E-state index in [1.807, 2.05) is 6.92 Å². The predicted molar refractivity (Wildman–Crippen MR) is 112 cm³/mol. The van der Waals surface area contributed by atoms with Crippen molar-refractivity contribution in [2.45, 2.75) is 18.6 Å². The van der Waals surface area contributed by atoms with Crippen molar-refractivity contribution in [3.05, 3.63) is 89.2 Å². The van der Waals surface area contributed by atoms with E-state index >= 15 is 0 Å². The second-order valence-electron chi connectivity index (χ2n) is 6.89. The fourth-order valence-electron chi connectivity index (χ4n) is 3.45. The van der Waals surface area contributed by atoms with Crippen LogP contribution in [0, 0.1) is 0 Å². The van der Waals surface area contributed by atoms with Crippen molar-refractivity contribution in [3.63, 3.8) is 0 Å². The molecule has 7 heteroatoms. The molecule has 3 rings (SSSR count). The van der Waals surface area contributed by atoms with Crippen LogP contribution in [0.15, 0.2) is 66.7 Å². The summed E-state index contributed by atoms with van der Waals surface area (Å²) in [4.78, 5) is 13.0. The van der Waals surface area contributed by atoms with Gasteiger partial charge in [0, 0.05) is 18.3 Å². The van der Waals surface area contributed by atoms with Gasteiger partial charge in [0.1, 0.15) is 10.5 Å². The fraction of sp³-hybridized carbons (Fsp3) is 0.227. The summed E-state index contributed by atoms with van der Waals surface area (Å²) >= 11 is 0. The maximum Gasteiger partial charge on any atom is 0.224 e. The highest BCUT2D eigenvalue weighted by Crippen LogP contribution is 2.36. The molecule has 2 aromatic carbocycles. The first-order valence-corrected chi connectivity index (χ1v) is 10.8. The van der Waals surface area contributed by atoms with E-state index < -0.39 is 14.8 Å². The molecule has 6 nitrogen and oxygen atoms in total. The van der Waals surface area contributed by atoms with Gasteiger partial charge in [-0.05, 0) is 55.8 Å². The Balaban J connectivity index is 2.06.